The van der Waals surface area contributed by atoms with Gasteiger partial charge in [-0.05, 0) is 77.7 Å². The van der Waals surface area contributed by atoms with Gasteiger partial charge in [-0.1, -0.05) is 6.07 Å². The van der Waals surface area contributed by atoms with Gasteiger partial charge in [0.1, 0.15) is 11.5 Å². The van der Waals surface area contributed by atoms with E-state index in [1.807, 2.05) is 51.1 Å². The molecule has 0 saturated heterocycles. The molecule has 3 nitrogen and oxygen atoms in total. The van der Waals surface area contributed by atoms with Crippen molar-refractivity contribution in [1.29, 1.82) is 5.26 Å². The van der Waals surface area contributed by atoms with Crippen molar-refractivity contribution in [1.82, 2.24) is 0 Å². The number of nitriles is 1. The lowest BCUT2D eigenvalue weighted by atomic mass is 10.1. The fraction of sp³-hybridized carbons (Fsp3) is 0.235. The van der Waals surface area contributed by atoms with E-state index in [-0.39, 0.29) is 6.04 Å². The second kappa shape index (κ2) is 6.30. The fourth-order valence-electron chi connectivity index (χ4n) is 2.17. The molecular weight excluding hydrogens is 328 g/mol. The average Bonchev–Trinajstić information content (AvgIpc) is 2.43. The fourth-order valence-corrected chi connectivity index (χ4v) is 2.65. The van der Waals surface area contributed by atoms with Crippen LogP contribution >= 0.6 is 15.9 Å². The number of hydrogen-bond donors (Lipinski definition) is 1. The second-order valence-corrected chi connectivity index (χ2v) is 5.99. The number of aryl methyl sites for hydroxylation is 2. The van der Waals surface area contributed by atoms with Crippen LogP contribution in [0.5, 0.6) is 11.5 Å². The van der Waals surface area contributed by atoms with E-state index in [9.17, 15) is 0 Å². The number of hydrogen-bond acceptors (Lipinski definition) is 3. The van der Waals surface area contributed by atoms with E-state index < -0.39 is 0 Å². The van der Waals surface area contributed by atoms with Crippen LogP contribution in [0.25, 0.3) is 0 Å². The highest BCUT2D eigenvalue weighted by molar-refractivity contribution is 9.10. The number of halogens is 1. The maximum atomic E-state index is 8.98. The van der Waals surface area contributed by atoms with E-state index in [0.29, 0.717) is 5.56 Å². The predicted octanol–water partition coefficient (Wildman–Crippen LogP) is 4.75. The van der Waals surface area contributed by atoms with E-state index in [1.165, 1.54) is 0 Å². The Kier molecular flexibility index (Phi) is 4.66. The SMILES string of the molecule is Cc1cc(C#N)cc(C)c1Oc1ccc([C@H](C)N)cc1Br. The highest BCUT2D eigenvalue weighted by Gasteiger charge is 2.11. The standard InChI is InChI=1S/C17H17BrN2O/c1-10-6-13(9-19)7-11(2)17(10)21-16-5-4-14(12(3)20)8-15(16)18/h4-8,12H,20H2,1-3H3/t12-/m0/s1. The van der Waals surface area contributed by atoms with Crippen LogP contribution in [0.3, 0.4) is 0 Å². The molecular formula is C17H17BrN2O. The zero-order valence-corrected chi connectivity index (χ0v) is 13.9. The van der Waals surface area contributed by atoms with Crippen LogP contribution in [0, 0.1) is 25.2 Å². The third kappa shape index (κ3) is 3.44. The van der Waals surface area contributed by atoms with E-state index in [1.54, 1.807) is 0 Å². The van der Waals surface area contributed by atoms with Crippen molar-refractivity contribution in [3.05, 3.63) is 57.1 Å². The van der Waals surface area contributed by atoms with Gasteiger partial charge in [0.2, 0.25) is 0 Å². The summed E-state index contributed by atoms with van der Waals surface area (Å²) in [6, 6.07) is 11.6. The molecule has 2 rings (SSSR count). The summed E-state index contributed by atoms with van der Waals surface area (Å²) in [6.45, 7) is 5.82. The van der Waals surface area contributed by atoms with Crippen LogP contribution in [-0.2, 0) is 0 Å². The van der Waals surface area contributed by atoms with Gasteiger partial charge in [-0.25, -0.2) is 0 Å². The summed E-state index contributed by atoms with van der Waals surface area (Å²) < 4.78 is 6.87. The van der Waals surface area contributed by atoms with Crippen molar-refractivity contribution in [2.24, 2.45) is 5.73 Å². The minimum Gasteiger partial charge on any atom is -0.456 e. The summed E-state index contributed by atoms with van der Waals surface area (Å²) in [4.78, 5) is 0. The van der Waals surface area contributed by atoms with Gasteiger partial charge in [-0.15, -0.1) is 0 Å². The van der Waals surface area contributed by atoms with Gasteiger partial charge in [0.05, 0.1) is 16.1 Å². The highest BCUT2D eigenvalue weighted by Crippen LogP contribution is 2.35. The second-order valence-electron chi connectivity index (χ2n) is 5.13. The van der Waals surface area contributed by atoms with Gasteiger partial charge in [0, 0.05) is 6.04 Å². The summed E-state index contributed by atoms with van der Waals surface area (Å²) in [5.74, 6) is 1.51. The van der Waals surface area contributed by atoms with E-state index in [2.05, 4.69) is 22.0 Å². The summed E-state index contributed by atoms with van der Waals surface area (Å²) >= 11 is 3.52. The molecule has 1 atom stereocenters. The van der Waals surface area contributed by atoms with Crippen molar-refractivity contribution in [2.45, 2.75) is 26.8 Å². The van der Waals surface area contributed by atoms with Gasteiger partial charge >= 0.3 is 0 Å². The van der Waals surface area contributed by atoms with Crippen LogP contribution in [0.15, 0.2) is 34.8 Å². The summed E-state index contributed by atoms with van der Waals surface area (Å²) in [5.41, 5.74) is 9.44. The van der Waals surface area contributed by atoms with Crippen LogP contribution in [-0.4, -0.2) is 0 Å². The lowest BCUT2D eigenvalue weighted by Crippen LogP contribution is -2.04. The Hall–Kier alpha value is -1.83. The Morgan fingerprint density at radius 3 is 2.29 bits per heavy atom. The molecule has 0 spiro atoms. The van der Waals surface area contributed by atoms with Crippen LogP contribution < -0.4 is 10.5 Å². The van der Waals surface area contributed by atoms with Gasteiger partial charge < -0.3 is 10.5 Å². The number of ether oxygens (including phenoxy) is 1. The quantitative estimate of drug-likeness (QED) is 0.873. The monoisotopic (exact) mass is 344 g/mol. The molecule has 0 aliphatic rings. The first kappa shape index (κ1) is 15.6. The van der Waals surface area contributed by atoms with E-state index in [4.69, 9.17) is 15.7 Å². The first-order valence-corrected chi connectivity index (χ1v) is 7.46. The molecule has 0 fully saturated rings. The molecule has 2 N–H and O–H groups in total. The number of rotatable bonds is 3. The number of nitrogens with zero attached hydrogens (tertiary/aromatic N) is 1. The van der Waals surface area contributed by atoms with Crippen molar-refractivity contribution >= 4 is 15.9 Å². The number of nitrogens with two attached hydrogens (primary N) is 1. The first-order valence-electron chi connectivity index (χ1n) is 6.66. The van der Waals surface area contributed by atoms with Crippen LogP contribution in [0.1, 0.15) is 35.2 Å². The smallest absolute Gasteiger partial charge is 0.141 e. The van der Waals surface area contributed by atoms with Gasteiger partial charge in [-0.3, -0.25) is 0 Å². The van der Waals surface area contributed by atoms with Crippen LogP contribution in [0.4, 0.5) is 0 Å². The maximum absolute atomic E-state index is 8.98. The van der Waals surface area contributed by atoms with E-state index >= 15 is 0 Å². The summed E-state index contributed by atoms with van der Waals surface area (Å²) in [7, 11) is 0. The van der Waals surface area contributed by atoms with Gasteiger partial charge in [0.15, 0.2) is 0 Å². The maximum Gasteiger partial charge on any atom is 0.141 e. The summed E-state index contributed by atoms with van der Waals surface area (Å²) in [6.07, 6.45) is 0. The molecule has 0 heterocycles. The van der Waals surface area contributed by atoms with Crippen LogP contribution in [0.2, 0.25) is 0 Å². The Bertz CT molecular complexity index is 694. The summed E-state index contributed by atoms with van der Waals surface area (Å²) in [5, 5.41) is 8.98. The Morgan fingerprint density at radius 2 is 1.81 bits per heavy atom. The lowest BCUT2D eigenvalue weighted by molar-refractivity contribution is 0.471. The van der Waals surface area contributed by atoms with Crippen molar-refractivity contribution in [2.75, 3.05) is 0 Å². The van der Waals surface area contributed by atoms with Crippen molar-refractivity contribution in [3.8, 4) is 17.6 Å². The topological polar surface area (TPSA) is 59.0 Å². The molecule has 108 valence electrons. The van der Waals surface area contributed by atoms with Crippen molar-refractivity contribution < 1.29 is 4.74 Å². The molecule has 21 heavy (non-hydrogen) atoms. The van der Waals surface area contributed by atoms with Gasteiger partial charge in [0.25, 0.3) is 0 Å². The number of benzene rings is 2. The van der Waals surface area contributed by atoms with Gasteiger partial charge in [-0.2, -0.15) is 5.26 Å². The molecule has 0 aromatic heterocycles. The Balaban J connectivity index is 2.37. The minimum absolute atomic E-state index is 0.0197. The third-order valence-corrected chi connectivity index (χ3v) is 3.90. The molecule has 4 heteroatoms. The predicted molar refractivity (Wildman–Crippen MR) is 87.4 cm³/mol. The molecule has 0 amide bonds. The average molecular weight is 345 g/mol. The molecule has 0 radical (unpaired) electrons. The molecule has 2 aromatic carbocycles. The molecule has 0 unspecified atom stereocenters. The first-order chi connectivity index (χ1) is 9.92. The molecule has 0 saturated carbocycles. The Labute approximate surface area is 133 Å². The highest BCUT2D eigenvalue weighted by atomic mass is 79.9. The Morgan fingerprint density at radius 1 is 1.19 bits per heavy atom. The molecule has 0 bridgehead atoms. The third-order valence-electron chi connectivity index (χ3n) is 3.28. The minimum atomic E-state index is -0.0197. The normalized spacial score (nSPS) is 11.8. The zero-order valence-electron chi connectivity index (χ0n) is 12.3. The molecule has 2 aromatic rings. The zero-order chi connectivity index (χ0) is 15.6. The lowest BCUT2D eigenvalue weighted by Gasteiger charge is -2.15. The van der Waals surface area contributed by atoms with Crippen molar-refractivity contribution in [3.63, 3.8) is 0 Å². The van der Waals surface area contributed by atoms with E-state index in [0.717, 1.165) is 32.7 Å². The largest absolute Gasteiger partial charge is 0.456 e. The molecule has 0 aliphatic carbocycles. The molecule has 0 aliphatic heterocycles.